The van der Waals surface area contributed by atoms with Crippen LogP contribution in [0.5, 0.6) is 0 Å². The Hall–Kier alpha value is -0.0800. The van der Waals surface area contributed by atoms with Gasteiger partial charge in [0.25, 0.3) is 0 Å². The second-order valence-corrected chi connectivity index (χ2v) is 5.47. The number of hydrogen-bond acceptors (Lipinski definition) is 2. The average molecular weight is 210 g/mol. The maximum Gasteiger partial charge on any atom is 0.0546 e. The summed E-state index contributed by atoms with van der Waals surface area (Å²) in [6.07, 6.45) is 12.8. The summed E-state index contributed by atoms with van der Waals surface area (Å²) in [5.74, 6) is 1.99. The van der Waals surface area contributed by atoms with Crippen molar-refractivity contribution in [3.05, 3.63) is 0 Å². The van der Waals surface area contributed by atoms with Crippen molar-refractivity contribution in [3.8, 4) is 0 Å². The highest BCUT2D eigenvalue weighted by molar-refractivity contribution is 4.88. The average Bonchev–Trinajstić information content (AvgIpc) is 2.97. The first kappa shape index (κ1) is 11.4. The minimum Gasteiger partial charge on any atom is -0.316 e. The Labute approximate surface area is 94.0 Å². The smallest absolute Gasteiger partial charge is 0.0546 e. The van der Waals surface area contributed by atoms with E-state index >= 15 is 0 Å². The van der Waals surface area contributed by atoms with Crippen LogP contribution in [0.4, 0.5) is 0 Å². The van der Waals surface area contributed by atoms with E-state index in [4.69, 9.17) is 5.73 Å². The fraction of sp³-hybridized carbons (Fsp3) is 1.00. The third-order valence-corrected chi connectivity index (χ3v) is 4.05. The number of nitrogens with one attached hydrogen (secondary N) is 1. The third kappa shape index (κ3) is 4.12. The molecule has 3 N–H and O–H groups in total. The Balaban J connectivity index is 1.70. The second kappa shape index (κ2) is 5.86. The lowest BCUT2D eigenvalue weighted by atomic mass is 10.1. The molecule has 3 atom stereocenters. The maximum absolute atomic E-state index is 6.02. The van der Waals surface area contributed by atoms with Gasteiger partial charge in [-0.15, -0.1) is 0 Å². The third-order valence-electron chi connectivity index (χ3n) is 4.05. The van der Waals surface area contributed by atoms with Crippen molar-refractivity contribution in [2.45, 2.75) is 64.0 Å². The van der Waals surface area contributed by atoms with Crippen molar-refractivity contribution in [2.24, 2.45) is 17.6 Å². The molecule has 2 heteroatoms. The van der Waals surface area contributed by atoms with Crippen LogP contribution in [0.25, 0.3) is 0 Å². The summed E-state index contributed by atoms with van der Waals surface area (Å²) in [6.45, 7) is 1.17. The van der Waals surface area contributed by atoms with Gasteiger partial charge in [-0.05, 0) is 31.2 Å². The van der Waals surface area contributed by atoms with E-state index < -0.39 is 0 Å². The Morgan fingerprint density at radius 1 is 0.800 bits per heavy atom. The van der Waals surface area contributed by atoms with Gasteiger partial charge in [0, 0.05) is 0 Å². The van der Waals surface area contributed by atoms with E-state index in [2.05, 4.69) is 5.32 Å². The van der Waals surface area contributed by atoms with Gasteiger partial charge in [0.15, 0.2) is 0 Å². The topological polar surface area (TPSA) is 38.0 Å². The summed E-state index contributed by atoms with van der Waals surface area (Å²) in [6, 6.07) is 0. The van der Waals surface area contributed by atoms with Crippen LogP contribution in [0.2, 0.25) is 0 Å². The number of nitrogens with two attached hydrogens (primary N) is 1. The van der Waals surface area contributed by atoms with Crippen LogP contribution in [0.1, 0.15) is 57.8 Å². The molecule has 2 fully saturated rings. The molecule has 0 aromatic heterocycles. The van der Waals surface area contributed by atoms with Gasteiger partial charge < -0.3 is 11.1 Å². The summed E-state index contributed by atoms with van der Waals surface area (Å²) >= 11 is 0. The zero-order valence-corrected chi connectivity index (χ0v) is 9.88. The highest BCUT2D eigenvalue weighted by Gasteiger charge is 2.35. The van der Waals surface area contributed by atoms with E-state index in [9.17, 15) is 0 Å². The van der Waals surface area contributed by atoms with Crippen LogP contribution >= 0.6 is 0 Å². The monoisotopic (exact) mass is 210 g/mol. The summed E-state index contributed by atoms with van der Waals surface area (Å²) in [5, 5.41) is 3.49. The van der Waals surface area contributed by atoms with Gasteiger partial charge in [0.2, 0.25) is 0 Å². The molecule has 15 heavy (non-hydrogen) atoms. The van der Waals surface area contributed by atoms with E-state index in [-0.39, 0.29) is 6.17 Å². The molecule has 1 aliphatic heterocycles. The molecule has 1 saturated carbocycles. The molecule has 0 spiro atoms. The van der Waals surface area contributed by atoms with E-state index in [1.165, 1.54) is 57.9 Å². The van der Waals surface area contributed by atoms with Crippen LogP contribution in [-0.2, 0) is 0 Å². The number of fused-ring (bicyclic) bond motifs is 1. The highest BCUT2D eigenvalue weighted by Crippen LogP contribution is 2.42. The van der Waals surface area contributed by atoms with Crippen molar-refractivity contribution >= 4 is 0 Å². The van der Waals surface area contributed by atoms with Crippen LogP contribution in [0.15, 0.2) is 0 Å². The molecule has 0 aromatic carbocycles. The molecule has 2 nitrogen and oxygen atoms in total. The first-order valence-corrected chi connectivity index (χ1v) is 6.85. The van der Waals surface area contributed by atoms with E-state index in [1.54, 1.807) is 0 Å². The first-order chi connectivity index (χ1) is 7.36. The van der Waals surface area contributed by atoms with Crippen molar-refractivity contribution in [1.29, 1.82) is 0 Å². The molecule has 0 aromatic rings. The van der Waals surface area contributed by atoms with Crippen LogP contribution in [-0.4, -0.2) is 12.7 Å². The summed E-state index contributed by atoms with van der Waals surface area (Å²) in [5.41, 5.74) is 6.02. The molecule has 0 bridgehead atoms. The summed E-state index contributed by atoms with van der Waals surface area (Å²) < 4.78 is 0. The number of rotatable bonds is 0. The normalized spacial score (nSPS) is 39.4. The van der Waals surface area contributed by atoms with Crippen LogP contribution < -0.4 is 11.1 Å². The summed E-state index contributed by atoms with van der Waals surface area (Å²) in [7, 11) is 0. The molecular weight excluding hydrogens is 184 g/mol. The van der Waals surface area contributed by atoms with Gasteiger partial charge in [0.1, 0.15) is 0 Å². The molecule has 2 aliphatic rings. The van der Waals surface area contributed by atoms with Crippen molar-refractivity contribution in [3.63, 3.8) is 0 Å². The van der Waals surface area contributed by atoms with Gasteiger partial charge >= 0.3 is 0 Å². The Kier molecular flexibility index (Phi) is 4.45. The highest BCUT2D eigenvalue weighted by atomic mass is 15.0. The lowest BCUT2D eigenvalue weighted by Crippen LogP contribution is -2.38. The molecule has 3 unspecified atom stereocenters. The van der Waals surface area contributed by atoms with Gasteiger partial charge in [-0.25, -0.2) is 0 Å². The fourth-order valence-electron chi connectivity index (χ4n) is 2.80. The summed E-state index contributed by atoms with van der Waals surface area (Å²) in [4.78, 5) is 0. The Morgan fingerprint density at radius 2 is 1.47 bits per heavy atom. The van der Waals surface area contributed by atoms with E-state index in [0.29, 0.717) is 0 Å². The predicted molar refractivity (Wildman–Crippen MR) is 64.5 cm³/mol. The lowest BCUT2D eigenvalue weighted by Gasteiger charge is -2.13. The van der Waals surface area contributed by atoms with E-state index in [1.807, 2.05) is 0 Å². The second-order valence-electron chi connectivity index (χ2n) is 5.47. The standard InChI is InChI=1S/C13H26N2/c14-13-8-6-4-2-1-3-5-7-11-9-12(11)10-15-13/h11-13,15H,1-10,14H2. The van der Waals surface area contributed by atoms with Crippen molar-refractivity contribution in [2.75, 3.05) is 6.54 Å². The fourth-order valence-corrected chi connectivity index (χ4v) is 2.80. The minimum absolute atomic E-state index is 0.256. The molecule has 0 radical (unpaired) electrons. The molecular formula is C13H26N2. The molecule has 2 rings (SSSR count). The first-order valence-electron chi connectivity index (χ1n) is 6.85. The zero-order chi connectivity index (χ0) is 10.5. The predicted octanol–water partition coefficient (Wildman–Crippen LogP) is 2.63. The van der Waals surface area contributed by atoms with E-state index in [0.717, 1.165) is 18.3 Å². The molecule has 1 aliphatic carbocycles. The van der Waals surface area contributed by atoms with Crippen molar-refractivity contribution < 1.29 is 0 Å². The van der Waals surface area contributed by atoms with Gasteiger partial charge in [0.05, 0.1) is 6.17 Å². The zero-order valence-electron chi connectivity index (χ0n) is 9.88. The van der Waals surface area contributed by atoms with Gasteiger partial charge in [-0.1, -0.05) is 44.9 Å². The van der Waals surface area contributed by atoms with Gasteiger partial charge in [-0.2, -0.15) is 0 Å². The lowest BCUT2D eigenvalue weighted by molar-refractivity contribution is 0.452. The Bertz CT molecular complexity index is 177. The molecule has 1 heterocycles. The SMILES string of the molecule is NC1CCCCCCCCC2CC2CN1. The molecule has 88 valence electrons. The Morgan fingerprint density at radius 3 is 2.27 bits per heavy atom. The van der Waals surface area contributed by atoms with Crippen molar-refractivity contribution in [1.82, 2.24) is 5.32 Å². The number of hydrogen-bond donors (Lipinski definition) is 2. The molecule has 0 amide bonds. The largest absolute Gasteiger partial charge is 0.316 e. The quantitative estimate of drug-likeness (QED) is 0.645. The minimum atomic E-state index is 0.256. The molecule has 1 saturated heterocycles. The van der Waals surface area contributed by atoms with Crippen LogP contribution in [0, 0.1) is 11.8 Å². The maximum atomic E-state index is 6.02. The van der Waals surface area contributed by atoms with Crippen LogP contribution in [0.3, 0.4) is 0 Å². The van der Waals surface area contributed by atoms with Gasteiger partial charge in [-0.3, -0.25) is 0 Å².